The van der Waals surface area contributed by atoms with Gasteiger partial charge in [0.25, 0.3) is 0 Å². The zero-order chi connectivity index (χ0) is 14.8. The predicted octanol–water partition coefficient (Wildman–Crippen LogP) is 4.15. The fraction of sp³-hybridized carbons (Fsp3) is 0.471. The topological polar surface area (TPSA) is 29.9 Å². The minimum absolute atomic E-state index is 0.639. The summed E-state index contributed by atoms with van der Waals surface area (Å²) in [6.07, 6.45) is 4.50. The van der Waals surface area contributed by atoms with Crippen LogP contribution in [0.1, 0.15) is 43.9 Å². The van der Waals surface area contributed by atoms with E-state index in [0.29, 0.717) is 11.8 Å². The maximum absolute atomic E-state index is 6.33. The van der Waals surface area contributed by atoms with Crippen LogP contribution < -0.4 is 5.32 Å². The van der Waals surface area contributed by atoms with Crippen LogP contribution in [0.15, 0.2) is 30.5 Å². The maximum atomic E-state index is 6.33. The molecule has 0 saturated heterocycles. The van der Waals surface area contributed by atoms with Gasteiger partial charge in [-0.1, -0.05) is 37.6 Å². The van der Waals surface area contributed by atoms with E-state index in [1.54, 1.807) is 0 Å². The summed E-state index contributed by atoms with van der Waals surface area (Å²) in [6.45, 7) is 6.36. The van der Waals surface area contributed by atoms with Crippen LogP contribution in [0.3, 0.4) is 0 Å². The van der Waals surface area contributed by atoms with Gasteiger partial charge in [0.2, 0.25) is 0 Å². The van der Waals surface area contributed by atoms with Gasteiger partial charge in [0.15, 0.2) is 0 Å². The minimum Gasteiger partial charge on any atom is -0.312 e. The van der Waals surface area contributed by atoms with E-state index in [4.69, 9.17) is 11.6 Å². The van der Waals surface area contributed by atoms with Crippen LogP contribution in [-0.4, -0.2) is 16.3 Å². The van der Waals surface area contributed by atoms with Gasteiger partial charge in [-0.3, -0.25) is 0 Å². The SMILES string of the molecule is CC(C)CNCc1cnn(-c2ccccc2Cl)c1C1CC1. The number of aromatic nitrogens is 2. The van der Waals surface area contributed by atoms with Crippen LogP contribution >= 0.6 is 11.6 Å². The van der Waals surface area contributed by atoms with Crippen molar-refractivity contribution in [2.24, 2.45) is 5.92 Å². The van der Waals surface area contributed by atoms with Crippen molar-refractivity contribution in [3.63, 3.8) is 0 Å². The largest absolute Gasteiger partial charge is 0.312 e. The van der Waals surface area contributed by atoms with Crippen molar-refractivity contribution >= 4 is 11.6 Å². The normalized spacial score (nSPS) is 14.9. The fourth-order valence-corrected chi connectivity index (χ4v) is 2.85. The molecular formula is C17H22ClN3. The smallest absolute Gasteiger partial charge is 0.0835 e. The second kappa shape index (κ2) is 6.20. The molecule has 3 rings (SSSR count). The predicted molar refractivity (Wildman–Crippen MR) is 87.1 cm³/mol. The molecule has 2 aromatic rings. The minimum atomic E-state index is 0.639. The third-order valence-corrected chi connectivity index (χ3v) is 4.12. The lowest BCUT2D eigenvalue weighted by Gasteiger charge is -2.11. The van der Waals surface area contributed by atoms with Gasteiger partial charge in [-0.15, -0.1) is 0 Å². The first kappa shape index (κ1) is 14.6. The van der Waals surface area contributed by atoms with Crippen LogP contribution in [-0.2, 0) is 6.54 Å². The standard InChI is InChI=1S/C17H22ClN3/c1-12(2)9-19-10-14-11-20-21(17(14)13-7-8-13)16-6-4-3-5-15(16)18/h3-6,11-13,19H,7-10H2,1-2H3. The highest BCUT2D eigenvalue weighted by Gasteiger charge is 2.30. The van der Waals surface area contributed by atoms with Gasteiger partial charge >= 0.3 is 0 Å². The van der Waals surface area contributed by atoms with Crippen molar-refractivity contribution in [3.8, 4) is 5.69 Å². The molecule has 0 atom stereocenters. The van der Waals surface area contributed by atoms with E-state index in [2.05, 4.69) is 24.3 Å². The molecule has 0 amide bonds. The van der Waals surface area contributed by atoms with E-state index in [1.807, 2.05) is 35.1 Å². The zero-order valence-electron chi connectivity index (χ0n) is 12.6. The van der Waals surface area contributed by atoms with Gasteiger partial charge in [0, 0.05) is 18.0 Å². The quantitative estimate of drug-likeness (QED) is 0.869. The van der Waals surface area contributed by atoms with Crippen molar-refractivity contribution < 1.29 is 0 Å². The van der Waals surface area contributed by atoms with E-state index in [-0.39, 0.29) is 0 Å². The van der Waals surface area contributed by atoms with Crippen molar-refractivity contribution in [2.45, 2.75) is 39.2 Å². The van der Waals surface area contributed by atoms with Crippen LogP contribution in [0.2, 0.25) is 5.02 Å². The Bertz CT molecular complexity index is 614. The van der Waals surface area contributed by atoms with Gasteiger partial charge in [-0.05, 0) is 37.4 Å². The van der Waals surface area contributed by atoms with Crippen LogP contribution in [0.25, 0.3) is 5.69 Å². The molecule has 1 aromatic heterocycles. The highest BCUT2D eigenvalue weighted by atomic mass is 35.5. The molecule has 1 saturated carbocycles. The average Bonchev–Trinajstić information content (AvgIpc) is 3.20. The molecule has 0 radical (unpaired) electrons. The molecule has 0 bridgehead atoms. The number of rotatable bonds is 6. The van der Waals surface area contributed by atoms with Crippen LogP contribution in [0, 0.1) is 5.92 Å². The number of nitrogens with one attached hydrogen (secondary N) is 1. The third-order valence-electron chi connectivity index (χ3n) is 3.80. The number of hydrogen-bond acceptors (Lipinski definition) is 2. The molecule has 1 N–H and O–H groups in total. The molecule has 1 aromatic carbocycles. The highest BCUT2D eigenvalue weighted by Crippen LogP contribution is 2.43. The van der Waals surface area contributed by atoms with E-state index >= 15 is 0 Å². The lowest BCUT2D eigenvalue weighted by atomic mass is 10.1. The molecule has 1 aliphatic carbocycles. The highest BCUT2D eigenvalue weighted by molar-refractivity contribution is 6.32. The molecule has 3 nitrogen and oxygen atoms in total. The number of para-hydroxylation sites is 1. The first-order valence-corrected chi connectivity index (χ1v) is 8.07. The Morgan fingerprint density at radius 1 is 1.33 bits per heavy atom. The Hall–Kier alpha value is -1.32. The molecule has 112 valence electrons. The summed E-state index contributed by atoms with van der Waals surface area (Å²) in [5, 5.41) is 8.87. The molecule has 4 heteroatoms. The van der Waals surface area contributed by atoms with E-state index in [0.717, 1.165) is 23.8 Å². The molecule has 1 aliphatic rings. The van der Waals surface area contributed by atoms with Crippen molar-refractivity contribution in [3.05, 3.63) is 46.7 Å². The Kier molecular flexibility index (Phi) is 4.32. The number of benzene rings is 1. The van der Waals surface area contributed by atoms with E-state index in [9.17, 15) is 0 Å². The Morgan fingerprint density at radius 2 is 2.10 bits per heavy atom. The second-order valence-electron chi connectivity index (χ2n) is 6.22. The van der Waals surface area contributed by atoms with Gasteiger partial charge in [-0.2, -0.15) is 5.10 Å². The van der Waals surface area contributed by atoms with Crippen LogP contribution in [0.5, 0.6) is 0 Å². The summed E-state index contributed by atoms with van der Waals surface area (Å²) in [5.41, 5.74) is 3.62. The second-order valence-corrected chi connectivity index (χ2v) is 6.62. The summed E-state index contributed by atoms with van der Waals surface area (Å²) < 4.78 is 2.03. The van der Waals surface area contributed by atoms with Gasteiger partial charge < -0.3 is 5.32 Å². The summed E-state index contributed by atoms with van der Waals surface area (Å²) in [5.74, 6) is 1.30. The summed E-state index contributed by atoms with van der Waals surface area (Å²) >= 11 is 6.33. The number of halogens is 1. The summed E-state index contributed by atoms with van der Waals surface area (Å²) in [7, 11) is 0. The molecule has 0 unspecified atom stereocenters. The fourth-order valence-electron chi connectivity index (χ4n) is 2.63. The molecular weight excluding hydrogens is 282 g/mol. The van der Waals surface area contributed by atoms with Crippen LogP contribution in [0.4, 0.5) is 0 Å². The lowest BCUT2D eigenvalue weighted by molar-refractivity contribution is 0.550. The Morgan fingerprint density at radius 3 is 2.76 bits per heavy atom. The summed E-state index contributed by atoms with van der Waals surface area (Å²) in [4.78, 5) is 0. The lowest BCUT2D eigenvalue weighted by Crippen LogP contribution is -2.19. The zero-order valence-corrected chi connectivity index (χ0v) is 13.4. The van der Waals surface area contributed by atoms with E-state index < -0.39 is 0 Å². The molecule has 0 aliphatic heterocycles. The first-order chi connectivity index (χ1) is 10.2. The van der Waals surface area contributed by atoms with Gasteiger partial charge in [0.05, 0.1) is 22.6 Å². The molecule has 0 spiro atoms. The third kappa shape index (κ3) is 3.30. The summed E-state index contributed by atoms with van der Waals surface area (Å²) in [6, 6.07) is 7.92. The van der Waals surface area contributed by atoms with Gasteiger partial charge in [0.1, 0.15) is 0 Å². The monoisotopic (exact) mass is 303 g/mol. The maximum Gasteiger partial charge on any atom is 0.0835 e. The molecule has 1 heterocycles. The van der Waals surface area contributed by atoms with Crippen molar-refractivity contribution in [2.75, 3.05) is 6.54 Å². The van der Waals surface area contributed by atoms with Crippen molar-refractivity contribution in [1.82, 2.24) is 15.1 Å². The average molecular weight is 304 g/mol. The van der Waals surface area contributed by atoms with Gasteiger partial charge in [-0.25, -0.2) is 4.68 Å². The Labute approximate surface area is 131 Å². The molecule has 1 fully saturated rings. The molecule has 21 heavy (non-hydrogen) atoms. The Balaban J connectivity index is 1.88. The number of nitrogens with zero attached hydrogens (tertiary/aromatic N) is 2. The first-order valence-electron chi connectivity index (χ1n) is 7.69. The van der Waals surface area contributed by atoms with E-state index in [1.165, 1.54) is 24.1 Å². The van der Waals surface area contributed by atoms with Crippen molar-refractivity contribution in [1.29, 1.82) is 0 Å². The number of hydrogen-bond donors (Lipinski definition) is 1.